The Balaban J connectivity index is 2.34. The minimum atomic E-state index is -1.87. The Kier molecular flexibility index (Phi) is 1.09. The number of carboxylic acid groups (broad SMARTS) is 2. The molecule has 0 heterocycles. The fourth-order valence-electron chi connectivity index (χ4n) is 2.10. The summed E-state index contributed by atoms with van der Waals surface area (Å²) >= 11 is 0. The lowest BCUT2D eigenvalue weighted by molar-refractivity contribution is -0.145. The van der Waals surface area contributed by atoms with E-state index >= 15 is 0 Å². The summed E-state index contributed by atoms with van der Waals surface area (Å²) in [5.41, 5.74) is 3.70. The predicted octanol–water partition coefficient (Wildman–Crippen LogP) is -0.491. The molecule has 4 N–H and O–H groups in total. The monoisotopic (exact) mass is 189 g/mol. The van der Waals surface area contributed by atoms with Gasteiger partial charge >= 0.3 is 11.9 Å². The second kappa shape index (κ2) is 2.23. The lowest BCUT2D eigenvalue weighted by atomic mass is 9.92. The molecule has 72 valence electrons. The molecule has 2 fully saturated rings. The molecule has 2 rings (SSSR count). The van der Waals surface area contributed by atoms with Crippen LogP contribution in [0, 0.1) is 17.8 Å². The molecule has 0 aromatic carbocycles. The number of fused-ring (bicyclic) bond motifs is 1. The summed E-state index contributed by atoms with van der Waals surface area (Å²) in [6, 6.07) is 0. The van der Waals surface area contributed by atoms with Crippen LogP contribution < -0.4 is 5.73 Å². The maximum atomic E-state index is 11.0. The summed E-state index contributed by atoms with van der Waals surface area (Å²) in [5.74, 6) is -4.71. The van der Waals surface area contributed by atoms with Gasteiger partial charge in [-0.15, -0.1) is 0 Å². The standard InChI is InChI=1S/C8H11NO4/c9-8(7(12)13)2-1-3-4(5(3)8)6(10)11/h3-5H,1-2,9H2,(H,10,11)(H,12,13)/t3-,4-,5-,8-/m0/s1/i1T,2T/t1?,2?,3-,4-,5-,8-. The zero-order valence-corrected chi connectivity index (χ0v) is 6.68. The summed E-state index contributed by atoms with van der Waals surface area (Å²) in [6.07, 6.45) is -2.27. The molecule has 0 radical (unpaired) electrons. The number of hydrogen-bond donors (Lipinski definition) is 3. The normalized spacial score (nSPS) is 60.5. The van der Waals surface area contributed by atoms with E-state index in [2.05, 4.69) is 0 Å². The van der Waals surface area contributed by atoms with Gasteiger partial charge in [0.1, 0.15) is 5.54 Å². The Labute approximate surface area is 77.3 Å². The molecule has 0 aliphatic heterocycles. The molecule has 5 heteroatoms. The van der Waals surface area contributed by atoms with Gasteiger partial charge < -0.3 is 15.9 Å². The third kappa shape index (κ3) is 0.904. The predicted molar refractivity (Wildman–Crippen MR) is 41.9 cm³/mol. The van der Waals surface area contributed by atoms with Gasteiger partial charge in [-0.2, -0.15) is 0 Å². The van der Waals surface area contributed by atoms with Gasteiger partial charge in [0.05, 0.1) is 5.92 Å². The van der Waals surface area contributed by atoms with Gasteiger partial charge in [0.2, 0.25) is 0 Å². The summed E-state index contributed by atoms with van der Waals surface area (Å²) in [7, 11) is 0. The highest BCUT2D eigenvalue weighted by atomic mass is 16.4. The maximum absolute atomic E-state index is 11.0. The van der Waals surface area contributed by atoms with Crippen molar-refractivity contribution in [3.8, 4) is 0 Å². The summed E-state index contributed by atoms with van der Waals surface area (Å²) in [5, 5.41) is 17.7. The van der Waals surface area contributed by atoms with Crippen LogP contribution in [-0.2, 0) is 9.59 Å². The first kappa shape index (κ1) is 6.37. The molecule has 2 saturated carbocycles. The zero-order chi connectivity index (χ0) is 11.5. The van der Waals surface area contributed by atoms with Crippen LogP contribution in [0.15, 0.2) is 0 Å². The first-order valence-electron chi connectivity index (χ1n) is 5.08. The minimum absolute atomic E-state index is 0.578. The number of rotatable bonds is 2. The molecule has 2 aliphatic carbocycles. The van der Waals surface area contributed by atoms with Crippen LogP contribution in [0.4, 0.5) is 0 Å². The number of nitrogens with two attached hydrogens (primary N) is 1. The fourth-order valence-corrected chi connectivity index (χ4v) is 2.10. The number of aliphatic carboxylic acids is 2. The Hall–Kier alpha value is -1.10. The second-order valence-corrected chi connectivity index (χ2v) is 3.56. The highest BCUT2D eigenvalue weighted by Gasteiger charge is 2.69. The highest BCUT2D eigenvalue weighted by Crippen LogP contribution is 2.61. The van der Waals surface area contributed by atoms with Crippen LogP contribution >= 0.6 is 0 Å². The van der Waals surface area contributed by atoms with Gasteiger partial charge in [-0.25, -0.2) is 0 Å². The molecule has 0 aromatic rings. The van der Waals surface area contributed by atoms with Crippen molar-refractivity contribution in [2.75, 3.05) is 0 Å². The zero-order valence-electron chi connectivity index (χ0n) is 8.68. The second-order valence-electron chi connectivity index (χ2n) is 3.56. The van der Waals surface area contributed by atoms with Gasteiger partial charge in [-0.1, -0.05) is 0 Å². The van der Waals surface area contributed by atoms with Crippen LogP contribution in [0.25, 0.3) is 0 Å². The Morgan fingerprint density at radius 2 is 2.15 bits per heavy atom. The van der Waals surface area contributed by atoms with Crippen molar-refractivity contribution in [2.45, 2.75) is 18.3 Å². The average Bonchev–Trinajstić information content (AvgIpc) is 2.84. The highest BCUT2D eigenvalue weighted by molar-refractivity contribution is 5.85. The van der Waals surface area contributed by atoms with Gasteiger partial charge in [0.25, 0.3) is 0 Å². The van der Waals surface area contributed by atoms with Crippen molar-refractivity contribution >= 4 is 11.9 Å². The minimum Gasteiger partial charge on any atom is -0.481 e. The Bertz CT molecular complexity index is 350. The van der Waals surface area contributed by atoms with E-state index in [0.717, 1.165) is 0 Å². The third-order valence-electron chi connectivity index (χ3n) is 2.88. The van der Waals surface area contributed by atoms with Crippen LogP contribution in [0.1, 0.15) is 15.5 Å². The molecule has 5 nitrogen and oxygen atoms in total. The molecule has 0 aromatic heterocycles. The van der Waals surface area contributed by atoms with Gasteiger partial charge in [-0.05, 0) is 18.7 Å². The third-order valence-corrected chi connectivity index (χ3v) is 2.88. The van der Waals surface area contributed by atoms with Crippen molar-refractivity contribution in [1.29, 1.82) is 0 Å². The summed E-state index contributed by atoms with van der Waals surface area (Å²) in [6.45, 7) is 0. The smallest absolute Gasteiger partial charge is 0.324 e. The number of hydrogen-bond acceptors (Lipinski definition) is 3. The van der Waals surface area contributed by atoms with Gasteiger partial charge in [0.15, 0.2) is 0 Å². The van der Waals surface area contributed by atoms with Gasteiger partial charge in [-0.3, -0.25) is 9.59 Å². The molecule has 2 unspecified atom stereocenters. The Morgan fingerprint density at radius 3 is 2.62 bits per heavy atom. The van der Waals surface area contributed by atoms with E-state index < -0.39 is 48.0 Å². The van der Waals surface area contributed by atoms with E-state index in [0.29, 0.717) is 0 Å². The van der Waals surface area contributed by atoms with Crippen molar-refractivity contribution in [1.82, 2.24) is 0 Å². The van der Waals surface area contributed by atoms with Gasteiger partial charge in [0, 0.05) is 8.66 Å². The lowest BCUT2D eigenvalue weighted by Crippen LogP contribution is -2.49. The van der Waals surface area contributed by atoms with E-state index in [1.165, 1.54) is 0 Å². The van der Waals surface area contributed by atoms with Crippen molar-refractivity contribution in [2.24, 2.45) is 23.5 Å². The van der Waals surface area contributed by atoms with E-state index in [1.54, 1.807) is 0 Å². The Morgan fingerprint density at radius 1 is 1.54 bits per heavy atom. The molecule has 0 bridgehead atoms. The molecule has 0 saturated heterocycles. The topological polar surface area (TPSA) is 101 Å². The molecule has 13 heavy (non-hydrogen) atoms. The van der Waals surface area contributed by atoms with Crippen molar-refractivity contribution in [3.63, 3.8) is 0 Å². The van der Waals surface area contributed by atoms with E-state index in [1.807, 2.05) is 0 Å². The van der Waals surface area contributed by atoms with Crippen molar-refractivity contribution in [3.05, 3.63) is 0 Å². The molecular formula is C8H11NO4. The summed E-state index contributed by atoms with van der Waals surface area (Å²) in [4.78, 5) is 21.7. The van der Waals surface area contributed by atoms with Crippen LogP contribution in [0.2, 0.25) is 0 Å². The van der Waals surface area contributed by atoms with Crippen molar-refractivity contribution < 1.29 is 22.5 Å². The first-order chi connectivity index (χ1) is 6.83. The lowest BCUT2D eigenvalue weighted by Gasteiger charge is -2.20. The van der Waals surface area contributed by atoms with Crippen LogP contribution in [0.5, 0.6) is 0 Å². The number of carbonyl (C=O) groups is 2. The SMILES string of the molecule is [3H]C1C([3H])[C@@](N)(C(=O)O)[C@@H]2[C@@H](C(=O)O)[C@H]12. The molecule has 2 aliphatic rings. The van der Waals surface area contributed by atoms with E-state index in [4.69, 9.17) is 18.7 Å². The quantitative estimate of drug-likeness (QED) is 0.544. The first-order valence-corrected chi connectivity index (χ1v) is 3.93. The van der Waals surface area contributed by atoms with E-state index in [9.17, 15) is 9.59 Å². The molecule has 0 spiro atoms. The largest absolute Gasteiger partial charge is 0.481 e. The van der Waals surface area contributed by atoms with Crippen LogP contribution in [0.3, 0.4) is 0 Å². The molecular weight excluding hydrogens is 174 g/mol. The summed E-state index contributed by atoms with van der Waals surface area (Å²) < 4.78 is 15.1. The molecule has 0 amide bonds. The number of carboxylic acids is 2. The fraction of sp³-hybridized carbons (Fsp3) is 0.750. The van der Waals surface area contributed by atoms with E-state index in [-0.39, 0.29) is 0 Å². The molecule has 6 atom stereocenters. The maximum Gasteiger partial charge on any atom is 0.324 e. The average molecular weight is 189 g/mol. The van der Waals surface area contributed by atoms with Crippen LogP contribution in [-0.4, -0.2) is 27.7 Å².